The molecule has 0 saturated carbocycles. The van der Waals surface area contributed by atoms with Gasteiger partial charge >= 0.3 is 0 Å². The number of aromatic nitrogens is 1. The summed E-state index contributed by atoms with van der Waals surface area (Å²) in [4.78, 5) is 23.4. The van der Waals surface area contributed by atoms with Gasteiger partial charge in [0.2, 0.25) is 5.78 Å². The van der Waals surface area contributed by atoms with Crippen LogP contribution in [0.15, 0.2) is 24.3 Å². The van der Waals surface area contributed by atoms with Crippen molar-refractivity contribution in [1.29, 1.82) is 0 Å². The normalized spacial score (nSPS) is 13.2. The molecule has 3 rings (SSSR count). The van der Waals surface area contributed by atoms with E-state index in [9.17, 15) is 9.59 Å². The highest BCUT2D eigenvalue weighted by Gasteiger charge is 2.26. The lowest BCUT2D eigenvalue weighted by atomic mass is 10.0. The first-order valence-electron chi connectivity index (χ1n) is 6.51. The van der Waals surface area contributed by atoms with Gasteiger partial charge in [0.1, 0.15) is 18.6 Å². The molecule has 2 heterocycles. The first-order valence-corrected chi connectivity index (χ1v) is 6.51. The van der Waals surface area contributed by atoms with Crippen LogP contribution in [0.1, 0.15) is 32.9 Å². The van der Waals surface area contributed by atoms with Crippen LogP contribution in [0.3, 0.4) is 0 Å². The maximum Gasteiger partial charge on any atom is 0.213 e. The number of hydrogen-bond donors (Lipinski definition) is 0. The highest BCUT2D eigenvalue weighted by atomic mass is 16.5. The van der Waals surface area contributed by atoms with Crippen LogP contribution >= 0.6 is 0 Å². The zero-order chi connectivity index (χ0) is 14.3. The van der Waals surface area contributed by atoms with E-state index in [-0.39, 0.29) is 5.78 Å². The smallest absolute Gasteiger partial charge is 0.213 e. The van der Waals surface area contributed by atoms with Crippen LogP contribution in [0.25, 0.3) is 0 Å². The van der Waals surface area contributed by atoms with E-state index in [0.717, 1.165) is 23.1 Å². The SMILES string of the molecule is Cc1ccc2c(c1)OCc1cc(CC=O)n(C)c1C2=O. The van der Waals surface area contributed by atoms with Crippen molar-refractivity contribution in [3.05, 3.63) is 52.3 Å². The van der Waals surface area contributed by atoms with Crippen LogP contribution in [-0.4, -0.2) is 16.6 Å². The molecule has 0 unspecified atom stereocenters. The Morgan fingerprint density at radius 1 is 1.35 bits per heavy atom. The standard InChI is InChI=1S/C16H15NO3/c1-10-3-4-13-14(7-10)20-9-11-8-12(5-6-18)17(2)15(11)16(13)19/h3-4,6-8H,5,9H2,1-2H3. The van der Waals surface area contributed by atoms with Gasteiger partial charge in [0.25, 0.3) is 0 Å². The lowest BCUT2D eigenvalue weighted by molar-refractivity contribution is -0.107. The fourth-order valence-electron chi connectivity index (χ4n) is 2.63. The molecular weight excluding hydrogens is 254 g/mol. The van der Waals surface area contributed by atoms with Crippen molar-refractivity contribution in [2.24, 2.45) is 7.05 Å². The van der Waals surface area contributed by atoms with Gasteiger partial charge in [-0.25, -0.2) is 0 Å². The van der Waals surface area contributed by atoms with Crippen LogP contribution in [0.2, 0.25) is 0 Å². The van der Waals surface area contributed by atoms with Crippen molar-refractivity contribution < 1.29 is 14.3 Å². The summed E-state index contributed by atoms with van der Waals surface area (Å²) in [5.41, 5.74) is 3.92. The number of aldehydes is 1. The molecule has 0 bridgehead atoms. The summed E-state index contributed by atoms with van der Waals surface area (Å²) in [5, 5.41) is 0. The topological polar surface area (TPSA) is 48.3 Å². The molecule has 0 spiro atoms. The molecule has 1 aromatic carbocycles. The summed E-state index contributed by atoms with van der Waals surface area (Å²) in [5.74, 6) is 0.579. The van der Waals surface area contributed by atoms with Crippen molar-refractivity contribution in [2.45, 2.75) is 20.0 Å². The first-order chi connectivity index (χ1) is 9.61. The molecule has 20 heavy (non-hydrogen) atoms. The van der Waals surface area contributed by atoms with Crippen LogP contribution < -0.4 is 4.74 Å². The molecule has 4 nitrogen and oxygen atoms in total. The minimum absolute atomic E-state index is 0.0489. The molecule has 0 aliphatic carbocycles. The first kappa shape index (κ1) is 12.7. The third kappa shape index (κ3) is 1.84. The van der Waals surface area contributed by atoms with Gasteiger partial charge < -0.3 is 14.1 Å². The number of rotatable bonds is 2. The fraction of sp³-hybridized carbons (Fsp3) is 0.250. The van der Waals surface area contributed by atoms with Crippen LogP contribution in [-0.2, 0) is 24.9 Å². The van der Waals surface area contributed by atoms with E-state index in [4.69, 9.17) is 4.74 Å². The molecule has 0 radical (unpaired) electrons. The molecule has 1 aromatic heterocycles. The van der Waals surface area contributed by atoms with E-state index in [0.29, 0.717) is 30.0 Å². The van der Waals surface area contributed by atoms with Gasteiger partial charge in [-0.05, 0) is 30.7 Å². The number of benzene rings is 1. The lowest BCUT2D eigenvalue weighted by Gasteiger charge is -2.08. The number of nitrogens with zero attached hydrogens (tertiary/aromatic N) is 1. The largest absolute Gasteiger partial charge is 0.488 e. The second-order valence-electron chi connectivity index (χ2n) is 5.06. The Morgan fingerprint density at radius 2 is 2.15 bits per heavy atom. The average Bonchev–Trinajstić information content (AvgIpc) is 2.65. The highest BCUT2D eigenvalue weighted by molar-refractivity contribution is 6.11. The number of hydrogen-bond acceptors (Lipinski definition) is 3. The van der Waals surface area contributed by atoms with Crippen LogP contribution in [0, 0.1) is 6.92 Å². The summed E-state index contributed by atoms with van der Waals surface area (Å²) < 4.78 is 7.55. The van der Waals surface area contributed by atoms with E-state index in [1.54, 1.807) is 10.6 Å². The molecule has 2 aromatic rings. The zero-order valence-electron chi connectivity index (χ0n) is 11.5. The summed E-state index contributed by atoms with van der Waals surface area (Å²) in [6.45, 7) is 2.32. The predicted molar refractivity (Wildman–Crippen MR) is 74.1 cm³/mol. The molecule has 1 aliphatic rings. The van der Waals surface area contributed by atoms with Gasteiger partial charge in [0, 0.05) is 24.7 Å². The molecule has 0 N–H and O–H groups in total. The van der Waals surface area contributed by atoms with Crippen LogP contribution in [0.5, 0.6) is 5.75 Å². The molecule has 0 saturated heterocycles. The third-order valence-electron chi connectivity index (χ3n) is 3.68. The van der Waals surface area contributed by atoms with E-state index in [1.807, 2.05) is 32.2 Å². The van der Waals surface area contributed by atoms with Crippen molar-refractivity contribution in [3.63, 3.8) is 0 Å². The summed E-state index contributed by atoms with van der Waals surface area (Å²) >= 11 is 0. The van der Waals surface area contributed by atoms with Crippen molar-refractivity contribution in [1.82, 2.24) is 4.57 Å². The molecule has 0 atom stereocenters. The maximum absolute atomic E-state index is 12.7. The van der Waals surface area contributed by atoms with Gasteiger partial charge in [-0.2, -0.15) is 0 Å². The Balaban J connectivity index is 2.15. The van der Waals surface area contributed by atoms with Crippen molar-refractivity contribution in [2.75, 3.05) is 0 Å². The maximum atomic E-state index is 12.7. The number of carbonyl (C=O) groups excluding carboxylic acids is 2. The Morgan fingerprint density at radius 3 is 2.90 bits per heavy atom. The Hall–Kier alpha value is -2.36. The minimum atomic E-state index is -0.0489. The minimum Gasteiger partial charge on any atom is -0.488 e. The molecule has 1 aliphatic heterocycles. The molecule has 0 fully saturated rings. The number of ketones is 1. The molecule has 102 valence electrons. The number of ether oxygens (including phenoxy) is 1. The van der Waals surface area contributed by atoms with Crippen LogP contribution in [0.4, 0.5) is 0 Å². The Bertz CT molecular complexity index is 713. The summed E-state index contributed by atoms with van der Waals surface area (Å²) in [7, 11) is 1.81. The second kappa shape index (κ2) is 4.63. The highest BCUT2D eigenvalue weighted by Crippen LogP contribution is 2.30. The van der Waals surface area contributed by atoms with Gasteiger partial charge in [0.15, 0.2) is 0 Å². The van der Waals surface area contributed by atoms with Crippen molar-refractivity contribution >= 4 is 12.1 Å². The Labute approximate surface area is 117 Å². The third-order valence-corrected chi connectivity index (χ3v) is 3.68. The molecule has 0 amide bonds. The predicted octanol–water partition coefficient (Wildman–Crippen LogP) is 2.20. The van der Waals surface area contributed by atoms with Gasteiger partial charge in [-0.1, -0.05) is 6.07 Å². The monoisotopic (exact) mass is 269 g/mol. The molecule has 4 heteroatoms. The number of fused-ring (bicyclic) bond motifs is 2. The average molecular weight is 269 g/mol. The van der Waals surface area contributed by atoms with Crippen molar-refractivity contribution in [3.8, 4) is 5.75 Å². The fourth-order valence-corrected chi connectivity index (χ4v) is 2.63. The molecular formula is C16H15NO3. The van der Waals surface area contributed by atoms with Gasteiger partial charge in [-0.3, -0.25) is 4.79 Å². The van der Waals surface area contributed by atoms with Gasteiger partial charge in [-0.15, -0.1) is 0 Å². The van der Waals surface area contributed by atoms with E-state index < -0.39 is 0 Å². The van der Waals surface area contributed by atoms with E-state index in [1.165, 1.54) is 0 Å². The lowest BCUT2D eigenvalue weighted by Crippen LogP contribution is -2.10. The quantitative estimate of drug-likeness (QED) is 0.785. The number of carbonyl (C=O) groups is 2. The number of aryl methyl sites for hydroxylation is 1. The zero-order valence-corrected chi connectivity index (χ0v) is 11.5. The summed E-state index contributed by atoms with van der Waals surface area (Å²) in [6.07, 6.45) is 1.15. The van der Waals surface area contributed by atoms with E-state index >= 15 is 0 Å². The second-order valence-corrected chi connectivity index (χ2v) is 5.06. The van der Waals surface area contributed by atoms with Gasteiger partial charge in [0.05, 0.1) is 11.3 Å². The Kier molecular flexibility index (Phi) is 2.93. The summed E-state index contributed by atoms with van der Waals surface area (Å²) in [6, 6.07) is 7.46. The van der Waals surface area contributed by atoms with E-state index in [2.05, 4.69) is 0 Å².